The molecule has 1 aromatic carbocycles. The van der Waals surface area contributed by atoms with E-state index in [4.69, 9.17) is 0 Å². The zero-order valence-corrected chi connectivity index (χ0v) is 9.80. The van der Waals surface area contributed by atoms with Crippen molar-refractivity contribution in [3.05, 3.63) is 59.9 Å². The Morgan fingerprint density at radius 2 is 2.00 bits per heavy atom. The molecule has 0 unspecified atom stereocenters. The van der Waals surface area contributed by atoms with E-state index in [9.17, 15) is 5.26 Å². The van der Waals surface area contributed by atoms with Gasteiger partial charge in [0.05, 0.1) is 11.6 Å². The fraction of sp³-hybridized carbons (Fsp3) is 0.133. The first kappa shape index (κ1) is 11.2. The van der Waals surface area contributed by atoms with Crippen molar-refractivity contribution in [3.63, 3.8) is 0 Å². The Morgan fingerprint density at radius 1 is 1.24 bits per heavy atom. The SMILES string of the molecule is CCn1cccc1/C=C(/C#N)c1ccccc1. The molecular formula is C15H14N2. The van der Waals surface area contributed by atoms with Gasteiger partial charge in [-0.1, -0.05) is 30.3 Å². The zero-order valence-electron chi connectivity index (χ0n) is 9.80. The summed E-state index contributed by atoms with van der Waals surface area (Å²) in [7, 11) is 0. The number of nitriles is 1. The van der Waals surface area contributed by atoms with Crippen LogP contribution >= 0.6 is 0 Å². The predicted octanol–water partition coefficient (Wildman–Crippen LogP) is 3.57. The van der Waals surface area contributed by atoms with Crippen molar-refractivity contribution < 1.29 is 0 Å². The standard InChI is InChI=1S/C15H14N2/c1-2-17-10-6-9-15(17)11-14(12-16)13-7-4-3-5-8-13/h3-11H,2H2,1H3/b14-11-. The van der Waals surface area contributed by atoms with Gasteiger partial charge in [0.1, 0.15) is 0 Å². The molecule has 0 atom stereocenters. The lowest BCUT2D eigenvalue weighted by molar-refractivity contribution is 0.762. The molecule has 0 amide bonds. The smallest absolute Gasteiger partial charge is 0.0998 e. The first-order valence-electron chi connectivity index (χ1n) is 5.67. The maximum absolute atomic E-state index is 9.21. The third-order valence-electron chi connectivity index (χ3n) is 2.70. The van der Waals surface area contributed by atoms with Crippen molar-refractivity contribution in [2.75, 3.05) is 0 Å². The third kappa shape index (κ3) is 2.46. The fourth-order valence-corrected chi connectivity index (χ4v) is 1.79. The molecule has 0 saturated heterocycles. The third-order valence-corrected chi connectivity index (χ3v) is 2.70. The highest BCUT2D eigenvalue weighted by Gasteiger charge is 2.02. The average molecular weight is 222 g/mol. The Morgan fingerprint density at radius 3 is 2.65 bits per heavy atom. The summed E-state index contributed by atoms with van der Waals surface area (Å²) in [6, 6.07) is 16.0. The van der Waals surface area contributed by atoms with Gasteiger partial charge in [-0.2, -0.15) is 5.26 Å². The number of aryl methyl sites for hydroxylation is 1. The summed E-state index contributed by atoms with van der Waals surface area (Å²) >= 11 is 0. The Labute approximate surface area is 101 Å². The van der Waals surface area contributed by atoms with Crippen LogP contribution in [0.5, 0.6) is 0 Å². The molecule has 0 radical (unpaired) electrons. The molecule has 17 heavy (non-hydrogen) atoms. The van der Waals surface area contributed by atoms with E-state index < -0.39 is 0 Å². The lowest BCUT2D eigenvalue weighted by atomic mass is 10.1. The molecule has 0 aliphatic heterocycles. The Bertz CT molecular complexity index is 556. The lowest BCUT2D eigenvalue weighted by Gasteiger charge is -2.03. The molecule has 0 aliphatic carbocycles. The van der Waals surface area contributed by atoms with E-state index in [-0.39, 0.29) is 0 Å². The number of hydrogen-bond donors (Lipinski definition) is 0. The van der Waals surface area contributed by atoms with Gasteiger partial charge in [0.2, 0.25) is 0 Å². The Kier molecular flexibility index (Phi) is 3.42. The van der Waals surface area contributed by atoms with Gasteiger partial charge in [0.15, 0.2) is 0 Å². The Hall–Kier alpha value is -2.27. The van der Waals surface area contributed by atoms with Crippen LogP contribution in [0.2, 0.25) is 0 Å². The topological polar surface area (TPSA) is 28.7 Å². The highest BCUT2D eigenvalue weighted by atomic mass is 14.9. The van der Waals surface area contributed by atoms with Gasteiger partial charge in [-0.3, -0.25) is 0 Å². The summed E-state index contributed by atoms with van der Waals surface area (Å²) in [5.74, 6) is 0. The summed E-state index contributed by atoms with van der Waals surface area (Å²) in [4.78, 5) is 0. The fourth-order valence-electron chi connectivity index (χ4n) is 1.79. The quantitative estimate of drug-likeness (QED) is 0.730. The van der Waals surface area contributed by atoms with Crippen molar-refractivity contribution in [1.82, 2.24) is 4.57 Å². The van der Waals surface area contributed by atoms with Crippen molar-refractivity contribution in [2.45, 2.75) is 13.5 Å². The minimum absolute atomic E-state index is 0.694. The first-order chi connectivity index (χ1) is 8.35. The molecule has 0 N–H and O–H groups in total. The zero-order chi connectivity index (χ0) is 12.1. The van der Waals surface area contributed by atoms with Crippen LogP contribution in [-0.2, 0) is 6.54 Å². The van der Waals surface area contributed by atoms with Crippen LogP contribution in [0.4, 0.5) is 0 Å². The normalized spacial score (nSPS) is 11.2. The number of hydrogen-bond acceptors (Lipinski definition) is 1. The van der Waals surface area contributed by atoms with Crippen molar-refractivity contribution >= 4 is 11.6 Å². The van der Waals surface area contributed by atoms with Gasteiger partial charge in [0, 0.05) is 18.4 Å². The largest absolute Gasteiger partial charge is 0.348 e. The predicted molar refractivity (Wildman–Crippen MR) is 70.0 cm³/mol. The summed E-state index contributed by atoms with van der Waals surface area (Å²) in [6.45, 7) is 3.00. The second-order valence-corrected chi connectivity index (χ2v) is 3.75. The van der Waals surface area contributed by atoms with Crippen molar-refractivity contribution in [3.8, 4) is 6.07 Å². The molecule has 0 fully saturated rings. The van der Waals surface area contributed by atoms with Crippen LogP contribution in [0.25, 0.3) is 11.6 Å². The Balaban J connectivity index is 2.41. The van der Waals surface area contributed by atoms with E-state index >= 15 is 0 Å². The molecule has 1 aromatic heterocycles. The molecule has 2 rings (SSSR count). The summed E-state index contributed by atoms with van der Waals surface area (Å²) in [5.41, 5.74) is 2.71. The lowest BCUT2D eigenvalue weighted by Crippen LogP contribution is -1.94. The van der Waals surface area contributed by atoms with E-state index in [0.717, 1.165) is 17.8 Å². The number of aromatic nitrogens is 1. The van der Waals surface area contributed by atoms with Crippen LogP contribution in [-0.4, -0.2) is 4.57 Å². The molecule has 0 saturated carbocycles. The monoisotopic (exact) mass is 222 g/mol. The van der Waals surface area contributed by atoms with Gasteiger partial charge in [-0.15, -0.1) is 0 Å². The molecule has 0 aliphatic rings. The van der Waals surface area contributed by atoms with Crippen LogP contribution in [0.1, 0.15) is 18.2 Å². The molecule has 0 bridgehead atoms. The minimum Gasteiger partial charge on any atom is -0.348 e. The van der Waals surface area contributed by atoms with Gasteiger partial charge < -0.3 is 4.57 Å². The number of benzene rings is 1. The number of rotatable bonds is 3. The molecule has 84 valence electrons. The van der Waals surface area contributed by atoms with Gasteiger partial charge in [-0.05, 0) is 30.7 Å². The molecule has 2 aromatic rings. The van der Waals surface area contributed by atoms with Crippen molar-refractivity contribution in [2.24, 2.45) is 0 Å². The maximum atomic E-state index is 9.21. The molecule has 2 nitrogen and oxygen atoms in total. The number of nitrogens with zero attached hydrogens (tertiary/aromatic N) is 2. The van der Waals surface area contributed by atoms with E-state index in [1.807, 2.05) is 54.7 Å². The summed E-state index contributed by atoms with van der Waals surface area (Å²) in [6.07, 6.45) is 3.95. The second-order valence-electron chi connectivity index (χ2n) is 3.75. The minimum atomic E-state index is 0.694. The van der Waals surface area contributed by atoms with E-state index in [0.29, 0.717) is 5.57 Å². The van der Waals surface area contributed by atoms with E-state index in [1.165, 1.54) is 0 Å². The van der Waals surface area contributed by atoms with Crippen LogP contribution in [0.15, 0.2) is 48.7 Å². The van der Waals surface area contributed by atoms with Crippen LogP contribution in [0.3, 0.4) is 0 Å². The summed E-state index contributed by atoms with van der Waals surface area (Å²) < 4.78 is 2.11. The van der Waals surface area contributed by atoms with Gasteiger partial charge in [-0.25, -0.2) is 0 Å². The molecule has 1 heterocycles. The average Bonchev–Trinajstić information content (AvgIpc) is 2.84. The highest BCUT2D eigenvalue weighted by molar-refractivity contribution is 5.88. The molecular weight excluding hydrogens is 208 g/mol. The maximum Gasteiger partial charge on any atom is 0.0998 e. The second kappa shape index (κ2) is 5.18. The van der Waals surface area contributed by atoms with Crippen molar-refractivity contribution in [1.29, 1.82) is 5.26 Å². The van der Waals surface area contributed by atoms with E-state index in [1.54, 1.807) is 0 Å². The summed E-state index contributed by atoms with van der Waals surface area (Å²) in [5, 5.41) is 9.21. The van der Waals surface area contributed by atoms with Crippen LogP contribution in [0, 0.1) is 11.3 Å². The van der Waals surface area contributed by atoms with Gasteiger partial charge >= 0.3 is 0 Å². The number of allylic oxidation sites excluding steroid dienone is 1. The highest BCUT2D eigenvalue weighted by Crippen LogP contribution is 2.17. The van der Waals surface area contributed by atoms with E-state index in [2.05, 4.69) is 17.6 Å². The molecule has 2 heteroatoms. The molecule has 0 spiro atoms. The van der Waals surface area contributed by atoms with Crippen LogP contribution < -0.4 is 0 Å². The van der Waals surface area contributed by atoms with Gasteiger partial charge in [0.25, 0.3) is 0 Å². The first-order valence-corrected chi connectivity index (χ1v) is 5.67.